The molecule has 0 aromatic heterocycles. The second-order valence-electron chi connectivity index (χ2n) is 4.74. The predicted octanol–water partition coefficient (Wildman–Crippen LogP) is 3.05. The van der Waals surface area contributed by atoms with Crippen LogP contribution in [0, 0.1) is 0 Å². The first-order valence-electron chi connectivity index (χ1n) is 6.50. The SMILES string of the molecule is O=C(CC1CCCCO1)Nc1ccc(Br)c(C(=O)O)c1. The van der Waals surface area contributed by atoms with E-state index in [1.165, 1.54) is 6.07 Å². The van der Waals surface area contributed by atoms with Crippen LogP contribution in [-0.2, 0) is 9.53 Å². The van der Waals surface area contributed by atoms with Gasteiger partial charge in [-0.15, -0.1) is 0 Å². The summed E-state index contributed by atoms with van der Waals surface area (Å²) >= 11 is 3.16. The number of carboxylic acid groups (broad SMARTS) is 1. The molecule has 0 bridgehead atoms. The molecule has 1 aliphatic heterocycles. The Morgan fingerprint density at radius 2 is 2.20 bits per heavy atom. The number of nitrogens with one attached hydrogen (secondary N) is 1. The van der Waals surface area contributed by atoms with Crippen molar-refractivity contribution in [3.8, 4) is 0 Å². The summed E-state index contributed by atoms with van der Waals surface area (Å²) in [7, 11) is 0. The molecule has 1 aliphatic rings. The van der Waals surface area contributed by atoms with Crippen LogP contribution >= 0.6 is 15.9 Å². The lowest BCUT2D eigenvalue weighted by Crippen LogP contribution is -2.25. The summed E-state index contributed by atoms with van der Waals surface area (Å²) in [6, 6.07) is 4.71. The summed E-state index contributed by atoms with van der Waals surface area (Å²) in [6.07, 6.45) is 3.30. The number of hydrogen-bond donors (Lipinski definition) is 2. The van der Waals surface area contributed by atoms with E-state index in [9.17, 15) is 9.59 Å². The molecule has 1 saturated heterocycles. The van der Waals surface area contributed by atoms with Gasteiger partial charge in [-0.05, 0) is 53.4 Å². The standard InChI is InChI=1S/C14H16BrNO4/c15-12-5-4-9(7-11(12)14(18)19)16-13(17)8-10-3-1-2-6-20-10/h4-5,7,10H,1-3,6,8H2,(H,16,17)(H,18,19). The first kappa shape index (κ1) is 15.0. The van der Waals surface area contributed by atoms with Crippen molar-refractivity contribution in [3.63, 3.8) is 0 Å². The normalized spacial score (nSPS) is 18.6. The van der Waals surface area contributed by atoms with E-state index < -0.39 is 5.97 Å². The first-order chi connectivity index (χ1) is 9.56. The molecule has 0 aliphatic carbocycles. The quantitative estimate of drug-likeness (QED) is 0.882. The fourth-order valence-electron chi connectivity index (χ4n) is 2.15. The summed E-state index contributed by atoms with van der Waals surface area (Å²) in [5.41, 5.74) is 0.600. The maximum absolute atomic E-state index is 11.9. The van der Waals surface area contributed by atoms with Gasteiger partial charge in [0.05, 0.1) is 18.1 Å². The molecular weight excluding hydrogens is 326 g/mol. The molecule has 1 amide bonds. The summed E-state index contributed by atoms with van der Waals surface area (Å²) in [5.74, 6) is -1.20. The number of benzene rings is 1. The largest absolute Gasteiger partial charge is 0.478 e. The van der Waals surface area contributed by atoms with E-state index in [0.717, 1.165) is 19.3 Å². The molecular formula is C14H16BrNO4. The van der Waals surface area contributed by atoms with Crippen molar-refractivity contribution < 1.29 is 19.4 Å². The highest BCUT2D eigenvalue weighted by Gasteiger charge is 2.18. The number of carbonyl (C=O) groups is 2. The molecule has 0 radical (unpaired) electrons. The molecule has 108 valence electrons. The number of rotatable bonds is 4. The van der Waals surface area contributed by atoms with Crippen molar-refractivity contribution >= 4 is 33.5 Å². The molecule has 1 aromatic rings. The minimum atomic E-state index is -1.04. The third kappa shape index (κ3) is 4.05. The van der Waals surface area contributed by atoms with Crippen LogP contribution < -0.4 is 5.32 Å². The zero-order valence-electron chi connectivity index (χ0n) is 10.9. The number of ether oxygens (including phenoxy) is 1. The average Bonchev–Trinajstić information content (AvgIpc) is 2.41. The van der Waals surface area contributed by atoms with Crippen LogP contribution in [0.4, 0.5) is 5.69 Å². The number of carboxylic acids is 1. The highest BCUT2D eigenvalue weighted by molar-refractivity contribution is 9.10. The predicted molar refractivity (Wildman–Crippen MR) is 77.9 cm³/mol. The average molecular weight is 342 g/mol. The van der Waals surface area contributed by atoms with Crippen LogP contribution in [0.1, 0.15) is 36.0 Å². The van der Waals surface area contributed by atoms with Crippen LogP contribution in [-0.4, -0.2) is 29.7 Å². The van der Waals surface area contributed by atoms with Crippen LogP contribution in [0.5, 0.6) is 0 Å². The molecule has 0 spiro atoms. The Morgan fingerprint density at radius 3 is 2.85 bits per heavy atom. The Balaban J connectivity index is 1.96. The second-order valence-corrected chi connectivity index (χ2v) is 5.59. The zero-order valence-corrected chi connectivity index (χ0v) is 12.5. The van der Waals surface area contributed by atoms with Crippen LogP contribution in [0.15, 0.2) is 22.7 Å². The molecule has 1 fully saturated rings. The number of amides is 1. The van der Waals surface area contributed by atoms with Crippen molar-refractivity contribution in [3.05, 3.63) is 28.2 Å². The summed E-state index contributed by atoms with van der Waals surface area (Å²) < 4.78 is 5.99. The fraction of sp³-hybridized carbons (Fsp3) is 0.429. The molecule has 6 heteroatoms. The van der Waals surface area contributed by atoms with Gasteiger partial charge in [0, 0.05) is 16.8 Å². The van der Waals surface area contributed by atoms with Crippen LogP contribution in [0.2, 0.25) is 0 Å². The van der Waals surface area contributed by atoms with E-state index in [1.807, 2.05) is 0 Å². The van der Waals surface area contributed by atoms with Crippen LogP contribution in [0.25, 0.3) is 0 Å². The number of anilines is 1. The summed E-state index contributed by atoms with van der Waals surface area (Å²) in [5, 5.41) is 11.7. The van der Waals surface area contributed by atoms with E-state index in [2.05, 4.69) is 21.2 Å². The second kappa shape index (κ2) is 6.85. The zero-order chi connectivity index (χ0) is 14.5. The van der Waals surface area contributed by atoms with E-state index in [-0.39, 0.29) is 17.6 Å². The lowest BCUT2D eigenvalue weighted by molar-refractivity contribution is -0.119. The van der Waals surface area contributed by atoms with Gasteiger partial charge in [0.2, 0.25) is 5.91 Å². The Bertz CT molecular complexity index is 512. The number of hydrogen-bond acceptors (Lipinski definition) is 3. The third-order valence-electron chi connectivity index (χ3n) is 3.17. The van der Waals surface area contributed by atoms with Crippen molar-refractivity contribution in [2.24, 2.45) is 0 Å². The minimum Gasteiger partial charge on any atom is -0.478 e. The van der Waals surface area contributed by atoms with Gasteiger partial charge in [-0.1, -0.05) is 0 Å². The highest BCUT2D eigenvalue weighted by atomic mass is 79.9. The minimum absolute atomic E-state index is 0.0295. The maximum atomic E-state index is 11.9. The van der Waals surface area contributed by atoms with Gasteiger partial charge in [-0.25, -0.2) is 4.79 Å². The molecule has 1 aromatic carbocycles. The van der Waals surface area contributed by atoms with Crippen molar-refractivity contribution in [1.82, 2.24) is 0 Å². The van der Waals surface area contributed by atoms with Crippen molar-refractivity contribution in [2.45, 2.75) is 31.8 Å². The Labute approximate surface area is 125 Å². The Morgan fingerprint density at radius 1 is 1.40 bits per heavy atom. The molecule has 2 rings (SSSR count). The van der Waals surface area contributed by atoms with Gasteiger partial charge in [-0.2, -0.15) is 0 Å². The molecule has 2 N–H and O–H groups in total. The first-order valence-corrected chi connectivity index (χ1v) is 7.30. The summed E-state index contributed by atoms with van der Waals surface area (Å²) in [4.78, 5) is 22.9. The number of carbonyl (C=O) groups excluding carboxylic acids is 1. The number of aromatic carboxylic acids is 1. The van der Waals surface area contributed by atoms with E-state index in [4.69, 9.17) is 9.84 Å². The lowest BCUT2D eigenvalue weighted by Gasteiger charge is -2.22. The fourth-order valence-corrected chi connectivity index (χ4v) is 2.57. The molecule has 1 atom stereocenters. The Kier molecular flexibility index (Phi) is 5.14. The summed E-state index contributed by atoms with van der Waals surface area (Å²) in [6.45, 7) is 0.708. The van der Waals surface area contributed by atoms with E-state index in [0.29, 0.717) is 23.2 Å². The smallest absolute Gasteiger partial charge is 0.336 e. The van der Waals surface area contributed by atoms with Gasteiger partial charge in [0.25, 0.3) is 0 Å². The van der Waals surface area contributed by atoms with Crippen molar-refractivity contribution in [1.29, 1.82) is 0 Å². The van der Waals surface area contributed by atoms with E-state index in [1.54, 1.807) is 12.1 Å². The number of halogens is 1. The topological polar surface area (TPSA) is 75.6 Å². The molecule has 20 heavy (non-hydrogen) atoms. The van der Waals surface area contributed by atoms with Crippen LogP contribution in [0.3, 0.4) is 0 Å². The third-order valence-corrected chi connectivity index (χ3v) is 3.86. The van der Waals surface area contributed by atoms with Gasteiger partial charge in [0.15, 0.2) is 0 Å². The van der Waals surface area contributed by atoms with Gasteiger partial charge in [-0.3, -0.25) is 4.79 Å². The molecule has 5 nitrogen and oxygen atoms in total. The van der Waals surface area contributed by atoms with Gasteiger partial charge in [0.1, 0.15) is 0 Å². The lowest BCUT2D eigenvalue weighted by atomic mass is 10.1. The highest BCUT2D eigenvalue weighted by Crippen LogP contribution is 2.22. The van der Waals surface area contributed by atoms with E-state index >= 15 is 0 Å². The maximum Gasteiger partial charge on any atom is 0.336 e. The van der Waals surface area contributed by atoms with Crippen molar-refractivity contribution in [2.75, 3.05) is 11.9 Å². The van der Waals surface area contributed by atoms with Gasteiger partial charge < -0.3 is 15.2 Å². The van der Waals surface area contributed by atoms with Gasteiger partial charge >= 0.3 is 5.97 Å². The molecule has 1 unspecified atom stereocenters. The monoisotopic (exact) mass is 341 g/mol. The Hall–Kier alpha value is -1.40. The molecule has 0 saturated carbocycles. The molecule has 1 heterocycles.